The highest BCUT2D eigenvalue weighted by atomic mass is 79.9. The van der Waals surface area contributed by atoms with Gasteiger partial charge in [0.1, 0.15) is 10.9 Å². The van der Waals surface area contributed by atoms with Crippen LogP contribution in [0.3, 0.4) is 0 Å². The number of nitrogens with one attached hydrogen (secondary N) is 3. The van der Waals surface area contributed by atoms with Crippen LogP contribution in [0, 0.1) is 5.41 Å². The second-order valence-corrected chi connectivity index (χ2v) is 29.1. The number of allylic oxidation sites excluding steroid dienone is 1. The summed E-state index contributed by atoms with van der Waals surface area (Å²) in [4.78, 5) is 60.7. The SMILES string of the molecule is CC1(C)CCC(c2ccc(Cl)cc2)=C(CN2CCN(c3ccc(C(=O)NS(=O)(=O)c4ccc(N[C@H](CCN5CCN(Cc6cc(Br)c7c(c6)CN(C6CCC(=O)NC6=O)C7=O)CC5)CSc5ccccc5)c(S(=O)(=O)C(F)(F)F)c4)cc3)CC2)C1. The number of piperazine rings is 2. The van der Waals surface area contributed by atoms with E-state index in [0.717, 1.165) is 72.7 Å². The molecule has 1 aliphatic carbocycles. The second kappa shape index (κ2) is 25.9. The van der Waals surface area contributed by atoms with Crippen molar-refractivity contribution in [1.82, 2.24) is 29.6 Å². The average molecular weight is 1310 g/mol. The number of piperidine rings is 1. The van der Waals surface area contributed by atoms with Crippen molar-refractivity contribution in [2.24, 2.45) is 5.41 Å². The van der Waals surface area contributed by atoms with Crippen LogP contribution >= 0.6 is 39.3 Å². The lowest BCUT2D eigenvalue weighted by atomic mass is 9.73. The fourth-order valence-corrected chi connectivity index (χ4v) is 15.8. The number of thioether (sulfide) groups is 1. The fourth-order valence-electron chi connectivity index (χ4n) is 11.9. The number of carbonyl (C=O) groups excluding carboxylic acids is 4. The average Bonchev–Trinajstić information content (AvgIpc) is 3.04. The highest BCUT2D eigenvalue weighted by Crippen LogP contribution is 2.43. The van der Waals surface area contributed by atoms with E-state index in [0.29, 0.717) is 85.7 Å². The Bertz CT molecular complexity index is 3600. The molecule has 3 fully saturated rings. The Morgan fingerprint density at radius 2 is 1.49 bits per heavy atom. The number of carbonyl (C=O) groups is 4. The lowest BCUT2D eigenvalue weighted by Gasteiger charge is -2.39. The maximum atomic E-state index is 14.5. The van der Waals surface area contributed by atoms with Crippen molar-refractivity contribution < 1.29 is 49.2 Å². The van der Waals surface area contributed by atoms with E-state index in [9.17, 15) is 49.2 Å². The van der Waals surface area contributed by atoms with Crippen molar-refractivity contribution in [2.75, 3.05) is 81.4 Å². The van der Waals surface area contributed by atoms with Crippen molar-refractivity contribution in [1.29, 1.82) is 0 Å². The number of anilines is 2. The monoisotopic (exact) mass is 1310 g/mol. The summed E-state index contributed by atoms with van der Waals surface area (Å²) in [5.41, 5.74) is 1.03. The van der Waals surface area contributed by atoms with E-state index in [1.807, 2.05) is 59.3 Å². The van der Waals surface area contributed by atoms with Crippen molar-refractivity contribution >= 4 is 99.7 Å². The Labute approximate surface area is 512 Å². The van der Waals surface area contributed by atoms with Crippen molar-refractivity contribution in [3.63, 3.8) is 0 Å². The fraction of sp³-hybridized carbons (Fsp3) is 0.410. The van der Waals surface area contributed by atoms with Gasteiger partial charge in [-0.25, -0.2) is 21.6 Å². The zero-order chi connectivity index (χ0) is 60.4. The number of alkyl halides is 3. The van der Waals surface area contributed by atoms with E-state index in [1.165, 1.54) is 45.5 Å². The van der Waals surface area contributed by atoms with E-state index in [4.69, 9.17) is 11.6 Å². The van der Waals surface area contributed by atoms with Crippen LogP contribution in [0.1, 0.15) is 89.8 Å². The minimum atomic E-state index is -6.14. The van der Waals surface area contributed by atoms with E-state index in [2.05, 4.69) is 72.1 Å². The molecule has 3 N–H and O–H groups in total. The predicted octanol–water partition coefficient (Wildman–Crippen LogP) is 9.84. The summed E-state index contributed by atoms with van der Waals surface area (Å²) in [5.74, 6) is -1.85. The number of sulfone groups is 1. The van der Waals surface area contributed by atoms with Crippen LogP contribution < -0.4 is 20.3 Å². The molecule has 24 heteroatoms. The molecular weight excluding hydrogens is 1240 g/mol. The number of hydrogen-bond acceptors (Lipinski definition) is 14. The number of rotatable bonds is 19. The molecule has 4 amide bonds. The van der Waals surface area contributed by atoms with Gasteiger partial charge in [0, 0.05) is 122 Å². The largest absolute Gasteiger partial charge is 0.501 e. The molecule has 0 bridgehead atoms. The molecule has 4 heterocycles. The van der Waals surface area contributed by atoms with Gasteiger partial charge in [0.15, 0.2) is 0 Å². The first-order valence-electron chi connectivity index (χ1n) is 28.3. The molecule has 0 radical (unpaired) electrons. The molecule has 10 rings (SSSR count). The van der Waals surface area contributed by atoms with Gasteiger partial charge in [-0.15, -0.1) is 11.8 Å². The van der Waals surface area contributed by atoms with Crippen LogP contribution in [0.5, 0.6) is 0 Å². The number of halogens is 5. The molecule has 452 valence electrons. The highest BCUT2D eigenvalue weighted by Gasteiger charge is 2.49. The Kier molecular flexibility index (Phi) is 19.0. The van der Waals surface area contributed by atoms with Crippen molar-refractivity contribution in [3.05, 3.63) is 152 Å². The van der Waals surface area contributed by atoms with E-state index >= 15 is 0 Å². The minimum absolute atomic E-state index is 0.0261. The Balaban J connectivity index is 0.770. The van der Waals surface area contributed by atoms with E-state index in [-0.39, 0.29) is 42.2 Å². The molecule has 5 aliphatic rings. The molecule has 2 atom stereocenters. The van der Waals surface area contributed by atoms with Gasteiger partial charge in [0.2, 0.25) is 11.8 Å². The van der Waals surface area contributed by atoms with Gasteiger partial charge in [0.05, 0.1) is 16.1 Å². The van der Waals surface area contributed by atoms with Gasteiger partial charge in [-0.05, 0) is 149 Å². The van der Waals surface area contributed by atoms with Crippen LogP contribution in [0.2, 0.25) is 5.02 Å². The van der Waals surface area contributed by atoms with Gasteiger partial charge in [-0.2, -0.15) is 13.2 Å². The number of nitrogens with zero attached hydrogens (tertiary/aromatic N) is 5. The third kappa shape index (κ3) is 14.8. The lowest BCUT2D eigenvalue weighted by molar-refractivity contribution is -0.136. The predicted molar refractivity (Wildman–Crippen MR) is 327 cm³/mol. The van der Waals surface area contributed by atoms with Crippen LogP contribution in [0.15, 0.2) is 134 Å². The summed E-state index contributed by atoms with van der Waals surface area (Å²) in [6.07, 6.45) is 3.89. The summed E-state index contributed by atoms with van der Waals surface area (Å²) in [6, 6.07) is 28.7. The maximum absolute atomic E-state index is 14.5. The molecule has 0 saturated carbocycles. The first-order valence-corrected chi connectivity index (χ1v) is 33.4. The van der Waals surface area contributed by atoms with Crippen LogP contribution in [-0.2, 0) is 42.5 Å². The molecule has 0 aromatic heterocycles. The quantitative estimate of drug-likeness (QED) is 0.0523. The standard InChI is InChI=1S/C61H67BrClF3N8O8S3/c1-60(2)22-20-50(41-8-12-45(63)13-9-41)44(35-60)37-72-28-30-73(31-29-72)47-14-10-42(11-15-47)57(76)69-85(81,82)49-16-17-52(54(34-49)84(79,80)61(64,65)66)67-46(39-83-48-6-4-3-5-7-48)21-23-70-24-26-71(27-25-70)36-40-32-43-38-74(59(78)56(43)51(62)33-40)53-18-19-55(75)68-58(53)77/h3-17,32-34,46,53,67H,18-31,35-39H2,1-2H3,(H,69,76)(H,68,75,77)/t46-,53?/m1/s1. The molecule has 16 nitrogen and oxygen atoms in total. The third-order valence-corrected chi connectivity index (χ3v) is 21.5. The summed E-state index contributed by atoms with van der Waals surface area (Å²) < 4.78 is 101. The van der Waals surface area contributed by atoms with Gasteiger partial charge in [0.25, 0.3) is 31.7 Å². The second-order valence-electron chi connectivity index (χ2n) is 23.2. The van der Waals surface area contributed by atoms with Gasteiger partial charge < -0.3 is 20.0 Å². The number of amides is 4. The normalized spacial score (nSPS) is 19.7. The number of sulfonamides is 1. The highest BCUT2D eigenvalue weighted by molar-refractivity contribution is 9.10. The van der Waals surface area contributed by atoms with Crippen LogP contribution in [-0.4, -0.2) is 149 Å². The van der Waals surface area contributed by atoms with Crippen LogP contribution in [0.4, 0.5) is 24.5 Å². The zero-order valence-corrected chi connectivity index (χ0v) is 51.9. The minimum Gasteiger partial charge on any atom is -0.380 e. The summed E-state index contributed by atoms with van der Waals surface area (Å²) in [5, 5.41) is 6.08. The maximum Gasteiger partial charge on any atom is 0.501 e. The van der Waals surface area contributed by atoms with Gasteiger partial charge in [-0.3, -0.25) is 34.3 Å². The molecular formula is C61H67BrClF3N8O8S3. The van der Waals surface area contributed by atoms with Gasteiger partial charge in [-0.1, -0.05) is 67.4 Å². The van der Waals surface area contributed by atoms with Crippen LogP contribution in [0.25, 0.3) is 5.57 Å². The number of imide groups is 1. The zero-order valence-electron chi connectivity index (χ0n) is 47.1. The Morgan fingerprint density at radius 3 is 2.18 bits per heavy atom. The molecule has 0 spiro atoms. The van der Waals surface area contributed by atoms with Crippen molar-refractivity contribution in [2.45, 2.75) is 97.7 Å². The molecule has 3 saturated heterocycles. The third-order valence-electron chi connectivity index (χ3n) is 16.6. The summed E-state index contributed by atoms with van der Waals surface area (Å²) in [7, 11) is -11.1. The lowest BCUT2D eigenvalue weighted by Crippen LogP contribution is -2.52. The number of fused-ring (bicyclic) bond motifs is 1. The topological polar surface area (TPSA) is 189 Å². The van der Waals surface area contributed by atoms with E-state index < -0.39 is 64.7 Å². The van der Waals surface area contributed by atoms with E-state index in [1.54, 1.807) is 12.1 Å². The number of hydrogen-bond donors (Lipinski definition) is 3. The molecule has 1 unspecified atom stereocenters. The molecule has 5 aromatic carbocycles. The first kappa shape index (κ1) is 62.3. The Hall–Kier alpha value is -5.79. The Morgan fingerprint density at radius 1 is 0.824 bits per heavy atom. The molecule has 5 aromatic rings. The molecule has 4 aliphatic heterocycles. The summed E-state index contributed by atoms with van der Waals surface area (Å²) >= 11 is 11.2. The number of benzene rings is 5. The summed E-state index contributed by atoms with van der Waals surface area (Å²) in [6.45, 7) is 12.4. The van der Waals surface area contributed by atoms with Gasteiger partial charge >= 0.3 is 5.51 Å². The van der Waals surface area contributed by atoms with Crippen molar-refractivity contribution in [3.8, 4) is 0 Å². The first-order chi connectivity index (χ1) is 40.4. The molecule has 85 heavy (non-hydrogen) atoms. The smallest absolute Gasteiger partial charge is 0.380 e.